The van der Waals surface area contributed by atoms with E-state index in [1.165, 1.54) is 11.6 Å². The van der Waals surface area contributed by atoms with Gasteiger partial charge in [-0.15, -0.1) is 0 Å². The molecule has 0 saturated carbocycles. The lowest BCUT2D eigenvalue weighted by Gasteiger charge is -2.08. The number of halogens is 4. The molecule has 19 rings (SSSR count). The van der Waals surface area contributed by atoms with Gasteiger partial charge in [-0.2, -0.15) is 0 Å². The monoisotopic (exact) mass is 1820 g/mol. The van der Waals surface area contributed by atoms with E-state index in [2.05, 4.69) is 38.8 Å². The maximum absolute atomic E-state index is 12.4. The molecule has 13 aromatic carbocycles. The number of hydrogen-bond donors (Lipinski definition) is 6. The van der Waals surface area contributed by atoms with Crippen molar-refractivity contribution in [2.75, 3.05) is 46.1 Å². The van der Waals surface area contributed by atoms with E-state index in [4.69, 9.17) is 55.9 Å². The summed E-state index contributed by atoms with van der Waals surface area (Å²) in [5.41, 5.74) is 21.3. The second-order valence-corrected chi connectivity index (χ2v) is 33.3. The Morgan fingerprint density at radius 3 is 0.939 bits per heavy atom. The van der Waals surface area contributed by atoms with E-state index >= 15 is 0 Å². The molecule has 0 unspecified atom stereocenters. The van der Waals surface area contributed by atoms with Gasteiger partial charge in [-0.05, 0) is 307 Å². The first-order valence-corrected chi connectivity index (χ1v) is 44.1. The number of carbonyl (C=O) groups excluding carboxylic acids is 12. The quantitative estimate of drug-likeness (QED) is 0.0494. The van der Waals surface area contributed by atoms with E-state index in [1.54, 1.807) is 160 Å². The molecule has 0 radical (unpaired) electrons. The molecule has 0 heterocycles. The molecule has 131 heavy (non-hydrogen) atoms. The number of benzene rings is 13. The molecular weight excluding hydrogens is 1740 g/mol. The summed E-state index contributed by atoms with van der Waals surface area (Å²) in [6.07, 6.45) is 9.91. The Morgan fingerprint density at radius 1 is 0.267 bits per heavy atom. The number of hydrogen-bond acceptors (Lipinski definition) is 14. The average Bonchev–Trinajstić information content (AvgIpc) is 1.76. The van der Waals surface area contributed by atoms with Crippen molar-refractivity contribution in [2.45, 2.75) is 96.8 Å². The van der Waals surface area contributed by atoms with E-state index in [0.29, 0.717) is 126 Å². The molecule has 20 nitrogen and oxygen atoms in total. The van der Waals surface area contributed by atoms with E-state index in [0.717, 1.165) is 141 Å². The molecule has 24 heteroatoms. The maximum Gasteiger partial charge on any atom is 0.257 e. The van der Waals surface area contributed by atoms with E-state index in [1.807, 2.05) is 121 Å². The van der Waals surface area contributed by atoms with Gasteiger partial charge in [0, 0.05) is 149 Å². The van der Waals surface area contributed by atoms with Gasteiger partial charge in [0.25, 0.3) is 35.4 Å². The number of ketones is 6. The molecule has 6 aliphatic rings. The number of rotatable bonds is 17. The SMILES string of the molecule is CCCc1ccc(C(=O)Nc2ccc3c(c2)CCC3=O)cc1.COc1ccc(C(=O)Nc2ccc3c(c2)CCC3=O)cc1.COc1cccc(C(=O)Nc2ccc3c(c2)CCC3=O)c1.O=C(Nc1ccc2c(c1)CCC2=O)c1cc(Cl)cc(Cl)c1.O=C(Nc1ccc2c(c1)CCC2=O)c1cc(Cl)ccc1Cl.O=C(Nc1ccc2c(c1)CCC2=O)c1ccc(-c2ccccc2)cc1. The van der Waals surface area contributed by atoms with Gasteiger partial charge in [0.1, 0.15) is 11.5 Å². The molecule has 0 aromatic heterocycles. The van der Waals surface area contributed by atoms with Crippen LogP contribution in [0.1, 0.15) is 215 Å². The third-order valence-electron chi connectivity index (χ3n) is 22.7. The topological polar surface area (TPSA) is 295 Å². The fourth-order valence-electron chi connectivity index (χ4n) is 15.8. The van der Waals surface area contributed by atoms with Crippen LogP contribution in [0.15, 0.2) is 273 Å². The molecule has 0 bridgehead atoms. The summed E-state index contributed by atoms with van der Waals surface area (Å²) in [4.78, 5) is 143. The minimum absolute atomic E-state index is 0.118. The lowest BCUT2D eigenvalue weighted by Crippen LogP contribution is -2.12. The van der Waals surface area contributed by atoms with Crippen LogP contribution in [0.4, 0.5) is 34.1 Å². The molecule has 0 spiro atoms. The zero-order valence-corrected chi connectivity index (χ0v) is 74.6. The van der Waals surface area contributed by atoms with Gasteiger partial charge in [0.15, 0.2) is 34.7 Å². The molecule has 6 aliphatic carbocycles. The summed E-state index contributed by atoms with van der Waals surface area (Å²) in [6.45, 7) is 2.14. The number of carbonyl (C=O) groups is 12. The highest BCUT2D eigenvalue weighted by atomic mass is 35.5. The molecule has 0 saturated heterocycles. The minimum Gasteiger partial charge on any atom is -0.497 e. The number of fused-ring (bicyclic) bond motifs is 6. The second kappa shape index (κ2) is 43.0. The van der Waals surface area contributed by atoms with Crippen LogP contribution in [-0.4, -0.2) is 84.4 Å². The van der Waals surface area contributed by atoms with Crippen molar-refractivity contribution >= 4 is 151 Å². The summed E-state index contributed by atoms with van der Waals surface area (Å²) in [5.74, 6) is 1.14. The van der Waals surface area contributed by atoms with E-state index < -0.39 is 0 Å². The molecule has 6 N–H and O–H groups in total. The van der Waals surface area contributed by atoms with Crippen molar-refractivity contribution in [2.24, 2.45) is 0 Å². The Hall–Kier alpha value is -14.5. The standard InChI is InChI=1S/C22H17NO2.C19H19NO2.2C17H15NO3.2C16H11Cl2NO2/c24-21-13-10-18-14-19(11-12-20(18)21)23-22(25)17-8-6-16(7-9-17)15-4-2-1-3-5-15;1-2-3-13-4-6-14(7-5-13)19(22)20-16-9-10-17-15(12-16)8-11-18(17)21;1-21-14-6-2-11(3-7-14)17(20)18-13-5-8-15-12(10-13)4-9-16(15)19;1-21-14-4-2-3-12(10-14)17(20)18-13-6-7-15-11(9-13)5-8-16(15)19;17-10-2-5-14(18)13(8-10)16(21)19-11-3-4-12-9(7-11)1-6-15(12)20;17-11-5-10(6-12(18)8-11)16(21)19-13-2-3-14-9(7-13)1-4-15(14)20/h1-9,11-12,14H,10,13H2,(H,23,25);4-7,9-10,12H,2-3,8,11H2,1H3,(H,20,22);2-3,5-8,10H,4,9H2,1H3,(H,18,20);2-4,6-7,9-10H,5,8H2,1H3,(H,18,20);2-5,7-8H,1,6H2,(H,19,21);2-3,5-8H,1,4H2,(H,19,21). The predicted molar refractivity (Wildman–Crippen MR) is 514 cm³/mol. The summed E-state index contributed by atoms with van der Waals surface area (Å²) >= 11 is 23.7. The molecular formula is C107H88Cl4N6O14. The smallest absolute Gasteiger partial charge is 0.257 e. The number of anilines is 6. The first-order chi connectivity index (χ1) is 63.3. The van der Waals surface area contributed by atoms with Crippen LogP contribution in [-0.2, 0) is 44.9 Å². The molecule has 0 atom stereocenters. The van der Waals surface area contributed by atoms with Gasteiger partial charge >= 0.3 is 0 Å². The molecule has 658 valence electrons. The Balaban J connectivity index is 0.000000127. The number of nitrogens with one attached hydrogen (secondary N) is 6. The van der Waals surface area contributed by atoms with Crippen molar-refractivity contribution in [1.82, 2.24) is 0 Å². The van der Waals surface area contributed by atoms with Gasteiger partial charge < -0.3 is 41.4 Å². The van der Waals surface area contributed by atoms with Gasteiger partial charge in [-0.25, -0.2) is 0 Å². The van der Waals surface area contributed by atoms with Crippen LogP contribution in [0, 0.1) is 0 Å². The number of ether oxygens (including phenoxy) is 2. The first kappa shape index (κ1) is 92.6. The zero-order chi connectivity index (χ0) is 92.4. The van der Waals surface area contributed by atoms with Crippen LogP contribution < -0.4 is 41.4 Å². The summed E-state index contributed by atoms with van der Waals surface area (Å²) in [7, 11) is 3.15. The first-order valence-electron chi connectivity index (χ1n) is 42.6. The predicted octanol–water partition coefficient (Wildman–Crippen LogP) is 23.7. The van der Waals surface area contributed by atoms with Gasteiger partial charge in [-0.1, -0.05) is 120 Å². The van der Waals surface area contributed by atoms with Crippen molar-refractivity contribution in [3.05, 3.63) is 399 Å². The molecule has 0 aliphatic heterocycles. The van der Waals surface area contributed by atoms with Crippen molar-refractivity contribution in [1.29, 1.82) is 0 Å². The third-order valence-corrected chi connectivity index (χ3v) is 23.7. The van der Waals surface area contributed by atoms with Crippen LogP contribution in [0.5, 0.6) is 11.5 Å². The third kappa shape index (κ3) is 23.9. The van der Waals surface area contributed by atoms with E-state index in [9.17, 15) is 57.5 Å². The minimum atomic E-state index is -0.327. The van der Waals surface area contributed by atoms with Crippen LogP contribution in [0.25, 0.3) is 11.1 Å². The van der Waals surface area contributed by atoms with E-state index in [-0.39, 0.29) is 70.1 Å². The maximum atomic E-state index is 12.4. The Morgan fingerprint density at radius 2 is 0.588 bits per heavy atom. The number of amides is 6. The lowest BCUT2D eigenvalue weighted by molar-refractivity contribution is 0.0986. The summed E-state index contributed by atoms with van der Waals surface area (Å²) in [6, 6.07) is 81.1. The molecule has 13 aromatic rings. The van der Waals surface area contributed by atoms with Crippen molar-refractivity contribution in [3.8, 4) is 22.6 Å². The van der Waals surface area contributed by atoms with Gasteiger partial charge in [0.2, 0.25) is 0 Å². The largest absolute Gasteiger partial charge is 0.497 e. The second-order valence-electron chi connectivity index (χ2n) is 31.6. The number of methoxy groups -OCH3 is 2. The van der Waals surface area contributed by atoms with Crippen LogP contribution >= 0.6 is 46.4 Å². The lowest BCUT2D eigenvalue weighted by atomic mass is 10.0. The van der Waals surface area contributed by atoms with Gasteiger partial charge in [0.05, 0.1) is 24.8 Å². The Labute approximate surface area is 776 Å². The fraction of sp³-hybridized carbons (Fsp3) is 0.159. The summed E-state index contributed by atoms with van der Waals surface area (Å²) in [5, 5.41) is 18.7. The summed E-state index contributed by atoms with van der Waals surface area (Å²) < 4.78 is 10.2. The Kier molecular flexibility index (Phi) is 30.4. The van der Waals surface area contributed by atoms with Gasteiger partial charge in [-0.3, -0.25) is 57.5 Å². The highest BCUT2D eigenvalue weighted by Gasteiger charge is 2.27. The zero-order valence-electron chi connectivity index (χ0n) is 71.6. The van der Waals surface area contributed by atoms with Crippen LogP contribution in [0.3, 0.4) is 0 Å². The molecule has 0 fully saturated rings. The molecule has 6 amide bonds. The highest BCUT2D eigenvalue weighted by molar-refractivity contribution is 6.37. The van der Waals surface area contributed by atoms with Crippen LogP contribution in [0.2, 0.25) is 20.1 Å². The average molecular weight is 1820 g/mol. The normalized spacial score (nSPS) is 13.0. The van der Waals surface area contributed by atoms with Crippen molar-refractivity contribution < 1.29 is 67.0 Å². The fourth-order valence-corrected chi connectivity index (χ4v) is 16.7. The Bertz CT molecular complexity index is 6640. The number of Topliss-reactive ketones (excluding diaryl/α,β-unsaturated/α-hetero) is 6. The number of aryl methyl sites for hydroxylation is 7. The van der Waals surface area contributed by atoms with Crippen molar-refractivity contribution in [3.63, 3.8) is 0 Å². The highest BCUT2D eigenvalue weighted by Crippen LogP contribution is 2.34.